The summed E-state index contributed by atoms with van der Waals surface area (Å²) >= 11 is 0. The summed E-state index contributed by atoms with van der Waals surface area (Å²) in [6.07, 6.45) is -0.851. The summed E-state index contributed by atoms with van der Waals surface area (Å²) in [6.45, 7) is 1.48. The lowest BCUT2D eigenvalue weighted by Crippen LogP contribution is -2.01. The van der Waals surface area contributed by atoms with Gasteiger partial charge in [-0.3, -0.25) is 0 Å². The van der Waals surface area contributed by atoms with E-state index >= 15 is 0 Å². The lowest BCUT2D eigenvalue weighted by molar-refractivity contribution is 0.195. The largest absolute Gasteiger partial charge is 0.398 e. The first-order valence-corrected chi connectivity index (χ1v) is 3.35. The summed E-state index contributed by atoms with van der Waals surface area (Å²) in [5.74, 6) is -0.458. The molecule has 0 heterocycles. The van der Waals surface area contributed by atoms with Gasteiger partial charge in [0.05, 0.1) is 6.10 Å². The van der Waals surface area contributed by atoms with Crippen molar-refractivity contribution in [3.63, 3.8) is 0 Å². The zero-order valence-corrected chi connectivity index (χ0v) is 6.21. The minimum absolute atomic E-state index is 0.174. The van der Waals surface area contributed by atoms with E-state index in [1.165, 1.54) is 19.1 Å². The smallest absolute Gasteiger partial charge is 0.131 e. The Kier molecular flexibility index (Phi) is 2.10. The van der Waals surface area contributed by atoms with E-state index in [9.17, 15) is 4.39 Å². The molecule has 0 aromatic heterocycles. The maximum Gasteiger partial charge on any atom is 0.131 e. The molecular weight excluding hydrogens is 145 g/mol. The van der Waals surface area contributed by atoms with Crippen molar-refractivity contribution in [2.24, 2.45) is 0 Å². The molecule has 0 saturated carbocycles. The Morgan fingerprint density at radius 2 is 2.18 bits per heavy atom. The average molecular weight is 155 g/mol. The van der Waals surface area contributed by atoms with E-state index in [0.29, 0.717) is 5.69 Å². The van der Waals surface area contributed by atoms with Gasteiger partial charge in [-0.2, -0.15) is 0 Å². The standard InChI is InChI=1S/C8H10FNO/c1-5(11)8-6(9)3-2-4-7(8)10/h2-5,11H,10H2,1H3. The second kappa shape index (κ2) is 2.88. The van der Waals surface area contributed by atoms with Crippen LogP contribution in [0.2, 0.25) is 0 Å². The molecule has 0 radical (unpaired) electrons. The number of benzene rings is 1. The molecule has 60 valence electrons. The number of aliphatic hydroxyl groups is 1. The lowest BCUT2D eigenvalue weighted by atomic mass is 10.1. The molecule has 1 aromatic rings. The molecule has 0 bridgehead atoms. The van der Waals surface area contributed by atoms with Gasteiger partial charge < -0.3 is 10.8 Å². The van der Waals surface area contributed by atoms with E-state index in [0.717, 1.165) is 0 Å². The van der Waals surface area contributed by atoms with Gasteiger partial charge in [-0.25, -0.2) is 4.39 Å². The van der Waals surface area contributed by atoms with Crippen molar-refractivity contribution in [2.75, 3.05) is 5.73 Å². The fraction of sp³-hybridized carbons (Fsp3) is 0.250. The van der Waals surface area contributed by atoms with Crippen LogP contribution in [0.5, 0.6) is 0 Å². The van der Waals surface area contributed by atoms with Crippen LogP contribution in [0.1, 0.15) is 18.6 Å². The van der Waals surface area contributed by atoms with Crippen LogP contribution < -0.4 is 5.73 Å². The van der Waals surface area contributed by atoms with Crippen molar-refractivity contribution in [1.82, 2.24) is 0 Å². The molecule has 1 unspecified atom stereocenters. The van der Waals surface area contributed by atoms with E-state index in [1.54, 1.807) is 6.07 Å². The molecule has 0 aliphatic rings. The highest BCUT2D eigenvalue weighted by Crippen LogP contribution is 2.22. The van der Waals surface area contributed by atoms with Crippen LogP contribution in [-0.2, 0) is 0 Å². The van der Waals surface area contributed by atoms with E-state index in [1.807, 2.05) is 0 Å². The fourth-order valence-electron chi connectivity index (χ4n) is 0.994. The van der Waals surface area contributed by atoms with Crippen molar-refractivity contribution in [3.8, 4) is 0 Å². The molecule has 1 atom stereocenters. The van der Waals surface area contributed by atoms with Crippen molar-refractivity contribution in [3.05, 3.63) is 29.6 Å². The van der Waals surface area contributed by atoms with Crippen molar-refractivity contribution < 1.29 is 9.50 Å². The number of halogens is 1. The second-order valence-electron chi connectivity index (χ2n) is 2.42. The Hall–Kier alpha value is -1.09. The number of hydrogen-bond acceptors (Lipinski definition) is 2. The summed E-state index contributed by atoms with van der Waals surface area (Å²) in [6, 6.07) is 4.35. The number of anilines is 1. The van der Waals surface area contributed by atoms with Crippen LogP contribution in [0.25, 0.3) is 0 Å². The van der Waals surface area contributed by atoms with E-state index in [-0.39, 0.29) is 5.56 Å². The number of aliphatic hydroxyl groups excluding tert-OH is 1. The molecule has 11 heavy (non-hydrogen) atoms. The Bertz CT molecular complexity index is 240. The molecule has 0 fully saturated rings. The third-order valence-corrected chi connectivity index (χ3v) is 1.50. The normalized spacial score (nSPS) is 13.0. The first-order valence-electron chi connectivity index (χ1n) is 3.35. The van der Waals surface area contributed by atoms with Gasteiger partial charge >= 0.3 is 0 Å². The SMILES string of the molecule is CC(O)c1c(N)cccc1F. The Labute approximate surface area is 64.5 Å². The van der Waals surface area contributed by atoms with Crippen molar-refractivity contribution in [1.29, 1.82) is 0 Å². The summed E-state index contributed by atoms with van der Waals surface area (Å²) in [4.78, 5) is 0. The maximum atomic E-state index is 12.9. The predicted molar refractivity (Wildman–Crippen MR) is 41.4 cm³/mol. The van der Waals surface area contributed by atoms with Crippen molar-refractivity contribution >= 4 is 5.69 Å². The molecule has 0 aliphatic carbocycles. The number of nitrogens with two attached hydrogens (primary N) is 1. The summed E-state index contributed by atoms with van der Waals surface area (Å²) in [7, 11) is 0. The van der Waals surface area contributed by atoms with Gasteiger partial charge in [0.25, 0.3) is 0 Å². The van der Waals surface area contributed by atoms with Gasteiger partial charge in [0.15, 0.2) is 0 Å². The lowest BCUT2D eigenvalue weighted by Gasteiger charge is -2.08. The monoisotopic (exact) mass is 155 g/mol. The summed E-state index contributed by atoms with van der Waals surface area (Å²) in [5.41, 5.74) is 5.89. The second-order valence-corrected chi connectivity index (χ2v) is 2.42. The molecule has 1 rings (SSSR count). The average Bonchev–Trinajstić information content (AvgIpc) is 1.85. The molecule has 0 spiro atoms. The van der Waals surface area contributed by atoms with Crippen LogP contribution in [0, 0.1) is 5.82 Å². The first kappa shape index (κ1) is 8.01. The van der Waals surface area contributed by atoms with E-state index < -0.39 is 11.9 Å². The highest BCUT2D eigenvalue weighted by Gasteiger charge is 2.10. The summed E-state index contributed by atoms with van der Waals surface area (Å²) < 4.78 is 12.9. The molecule has 2 nitrogen and oxygen atoms in total. The van der Waals surface area contributed by atoms with Gasteiger partial charge in [-0.05, 0) is 19.1 Å². The zero-order chi connectivity index (χ0) is 8.43. The highest BCUT2D eigenvalue weighted by molar-refractivity contribution is 5.48. The van der Waals surface area contributed by atoms with Crippen LogP contribution in [0.3, 0.4) is 0 Å². The van der Waals surface area contributed by atoms with Crippen LogP contribution in [-0.4, -0.2) is 5.11 Å². The molecule has 0 saturated heterocycles. The Balaban J connectivity index is 3.21. The Morgan fingerprint density at radius 1 is 1.55 bits per heavy atom. The summed E-state index contributed by atoms with van der Waals surface area (Å²) in [5, 5.41) is 9.07. The first-order chi connectivity index (χ1) is 5.13. The Morgan fingerprint density at radius 3 is 2.55 bits per heavy atom. The van der Waals surface area contributed by atoms with Gasteiger partial charge in [-0.15, -0.1) is 0 Å². The molecule has 3 N–H and O–H groups in total. The van der Waals surface area contributed by atoms with Crippen LogP contribution in [0.4, 0.5) is 10.1 Å². The number of nitrogen functional groups attached to an aromatic ring is 1. The predicted octanol–water partition coefficient (Wildman–Crippen LogP) is 1.46. The molecule has 0 amide bonds. The van der Waals surface area contributed by atoms with Crippen LogP contribution >= 0.6 is 0 Å². The molecule has 1 aromatic carbocycles. The molecular formula is C8H10FNO. The van der Waals surface area contributed by atoms with Gasteiger partial charge in [-0.1, -0.05) is 6.07 Å². The van der Waals surface area contributed by atoms with E-state index in [4.69, 9.17) is 10.8 Å². The van der Waals surface area contributed by atoms with Gasteiger partial charge in [0, 0.05) is 11.3 Å². The van der Waals surface area contributed by atoms with Gasteiger partial charge in [0.2, 0.25) is 0 Å². The third kappa shape index (κ3) is 1.49. The number of rotatable bonds is 1. The topological polar surface area (TPSA) is 46.2 Å². The van der Waals surface area contributed by atoms with Crippen LogP contribution in [0.15, 0.2) is 18.2 Å². The molecule has 0 aliphatic heterocycles. The number of hydrogen-bond donors (Lipinski definition) is 2. The van der Waals surface area contributed by atoms with Crippen molar-refractivity contribution in [2.45, 2.75) is 13.0 Å². The van der Waals surface area contributed by atoms with E-state index in [2.05, 4.69) is 0 Å². The maximum absolute atomic E-state index is 12.9. The highest BCUT2D eigenvalue weighted by atomic mass is 19.1. The quantitative estimate of drug-likeness (QED) is 0.603. The minimum Gasteiger partial charge on any atom is -0.398 e. The fourth-order valence-corrected chi connectivity index (χ4v) is 0.994. The zero-order valence-electron chi connectivity index (χ0n) is 6.21. The van der Waals surface area contributed by atoms with Gasteiger partial charge in [0.1, 0.15) is 5.82 Å². The molecule has 3 heteroatoms. The minimum atomic E-state index is -0.851. The third-order valence-electron chi connectivity index (χ3n) is 1.50.